The number of hydrogen-bond acceptors (Lipinski definition) is 8. The van der Waals surface area contributed by atoms with Gasteiger partial charge in [0.2, 0.25) is 0 Å². The van der Waals surface area contributed by atoms with Gasteiger partial charge in [-0.25, -0.2) is 9.59 Å². The zero-order chi connectivity index (χ0) is 30.2. The van der Waals surface area contributed by atoms with E-state index in [1.54, 1.807) is 48.5 Å². The van der Waals surface area contributed by atoms with Gasteiger partial charge in [0, 0.05) is 29.7 Å². The largest absolute Gasteiger partial charge is 0.425 e. The molecule has 0 fully saturated rings. The van der Waals surface area contributed by atoms with Crippen LogP contribution in [0.3, 0.4) is 0 Å². The zero-order valence-electron chi connectivity index (χ0n) is 22.8. The zero-order valence-corrected chi connectivity index (χ0v) is 22.8. The number of Topliss-reactive ketones (excluding diaryl/α,β-unsaturated/α-hetero) is 1. The van der Waals surface area contributed by atoms with Crippen molar-refractivity contribution in [1.29, 1.82) is 0 Å². The van der Waals surface area contributed by atoms with Gasteiger partial charge in [-0.05, 0) is 36.8 Å². The molecule has 0 bridgehead atoms. The number of benzene rings is 3. The maximum atomic E-state index is 13.6. The number of H-pyrrole nitrogens is 1. The van der Waals surface area contributed by atoms with Crippen molar-refractivity contribution in [3.8, 4) is 5.75 Å². The highest BCUT2D eigenvalue weighted by atomic mass is 16.5. The molecule has 11 heteroatoms. The van der Waals surface area contributed by atoms with E-state index in [4.69, 9.17) is 4.74 Å². The van der Waals surface area contributed by atoms with Crippen LogP contribution in [0.4, 0.5) is 5.82 Å². The average molecular weight is 575 g/mol. The number of nitrogens with one attached hydrogen (secondary N) is 2. The lowest BCUT2D eigenvalue weighted by Gasteiger charge is -2.28. The minimum absolute atomic E-state index is 0.135. The molecule has 1 aliphatic carbocycles. The molecule has 3 heterocycles. The van der Waals surface area contributed by atoms with E-state index in [2.05, 4.69) is 10.3 Å². The Kier molecular flexibility index (Phi) is 5.67. The Morgan fingerprint density at radius 3 is 2.02 bits per heavy atom. The molecule has 0 unspecified atom stereocenters. The van der Waals surface area contributed by atoms with Crippen LogP contribution in [0.1, 0.15) is 60.6 Å². The Hall–Kier alpha value is -5.84. The number of esters is 1. The molecule has 0 radical (unpaired) electrons. The van der Waals surface area contributed by atoms with Crippen molar-refractivity contribution in [2.45, 2.75) is 18.9 Å². The molecule has 3 aliphatic rings. The molecule has 1 aromatic heterocycles. The van der Waals surface area contributed by atoms with E-state index >= 15 is 0 Å². The van der Waals surface area contributed by atoms with Crippen molar-refractivity contribution in [3.63, 3.8) is 0 Å². The van der Waals surface area contributed by atoms with Crippen LogP contribution >= 0.6 is 0 Å². The summed E-state index contributed by atoms with van der Waals surface area (Å²) in [4.78, 5) is 81.7. The number of aromatic amines is 1. The van der Waals surface area contributed by atoms with Crippen LogP contribution in [0.5, 0.6) is 5.75 Å². The molecule has 0 saturated heterocycles. The van der Waals surface area contributed by atoms with Gasteiger partial charge in [-0.3, -0.25) is 33.6 Å². The summed E-state index contributed by atoms with van der Waals surface area (Å²) in [5, 5.41) is 3.11. The van der Waals surface area contributed by atoms with Crippen LogP contribution in [-0.4, -0.2) is 44.1 Å². The summed E-state index contributed by atoms with van der Waals surface area (Å²) >= 11 is 0. The van der Waals surface area contributed by atoms with E-state index in [0.717, 1.165) is 9.47 Å². The van der Waals surface area contributed by atoms with E-state index in [1.807, 2.05) is 0 Å². The molecule has 2 aliphatic heterocycles. The van der Waals surface area contributed by atoms with Crippen LogP contribution in [0.15, 0.2) is 88.0 Å². The number of anilines is 1. The molecular weight excluding hydrogens is 552 g/mol. The second kappa shape index (κ2) is 9.35. The highest BCUT2D eigenvalue weighted by Crippen LogP contribution is 2.47. The Morgan fingerprint density at radius 2 is 1.40 bits per heavy atom. The fourth-order valence-electron chi connectivity index (χ4n) is 5.91. The number of carbonyl (C=O) groups is 4. The molecular formula is C32H22N4O7. The lowest BCUT2D eigenvalue weighted by molar-refractivity contribution is -0.138. The fourth-order valence-corrected chi connectivity index (χ4v) is 5.91. The second-order valence-electron chi connectivity index (χ2n) is 10.5. The van der Waals surface area contributed by atoms with Gasteiger partial charge < -0.3 is 10.1 Å². The average Bonchev–Trinajstić information content (AvgIpc) is 3.44. The van der Waals surface area contributed by atoms with Crippen molar-refractivity contribution >= 4 is 35.1 Å². The molecule has 43 heavy (non-hydrogen) atoms. The third-order valence-corrected chi connectivity index (χ3v) is 8.11. The van der Waals surface area contributed by atoms with Gasteiger partial charge >= 0.3 is 11.7 Å². The van der Waals surface area contributed by atoms with Crippen molar-refractivity contribution in [1.82, 2.24) is 14.5 Å². The highest BCUT2D eigenvalue weighted by molar-refractivity contribution is 6.24. The van der Waals surface area contributed by atoms with Gasteiger partial charge in [0.05, 0.1) is 22.4 Å². The third-order valence-electron chi connectivity index (χ3n) is 8.11. The number of aromatic nitrogens is 2. The smallest absolute Gasteiger partial charge is 0.334 e. The fraction of sp³-hybridized carbons (Fsp3) is 0.125. The number of fused-ring (bicyclic) bond motifs is 4. The molecule has 2 atom stereocenters. The highest BCUT2D eigenvalue weighted by Gasteiger charge is 2.43. The summed E-state index contributed by atoms with van der Waals surface area (Å²) in [5.74, 6) is -2.70. The van der Waals surface area contributed by atoms with Crippen molar-refractivity contribution < 1.29 is 23.9 Å². The number of carbonyl (C=O) groups excluding carboxylic acids is 4. The predicted molar refractivity (Wildman–Crippen MR) is 154 cm³/mol. The van der Waals surface area contributed by atoms with Crippen LogP contribution in [0.25, 0.3) is 5.70 Å². The van der Waals surface area contributed by atoms with Crippen molar-refractivity contribution in [2.75, 3.05) is 5.32 Å². The SMILES string of the molecule is C[C@@H](C(=O)Oc1ccc([C@H]2C3=C(Nc4[nH]c(=O)n(C)c(=O)c42)c2ccccc2C3=O)cc1)N1C(=O)c2ccccc2C1=O. The van der Waals surface area contributed by atoms with Crippen LogP contribution < -0.4 is 21.3 Å². The number of ketones is 1. The second-order valence-corrected chi connectivity index (χ2v) is 10.5. The summed E-state index contributed by atoms with van der Waals surface area (Å²) in [6, 6.07) is 18.5. The van der Waals surface area contributed by atoms with Crippen LogP contribution in [0.2, 0.25) is 0 Å². The van der Waals surface area contributed by atoms with Gasteiger partial charge in [0.15, 0.2) is 5.78 Å². The number of amides is 2. The molecule has 7 rings (SSSR count). The lowest BCUT2D eigenvalue weighted by atomic mass is 9.81. The van der Waals surface area contributed by atoms with Crippen molar-refractivity contribution in [3.05, 3.63) is 133 Å². The normalized spacial score (nSPS) is 17.2. The standard InChI is InChI=1S/C32H22N4O7/c1-15(36-28(38)20-9-5-6-10-21(20)29(36)39)31(41)43-17-13-11-16(12-14-17)22-23-25(18-7-3-4-8-19(18)26(23)37)33-27-24(22)30(40)35(2)32(42)34-27/h3-15,22,33H,1-2H3,(H,34,42)/t15-,22-/m0/s1. The number of allylic oxidation sites excluding steroid dienone is 1. The van der Waals surface area contributed by atoms with Gasteiger partial charge in [-0.2, -0.15) is 0 Å². The van der Waals surface area contributed by atoms with Gasteiger partial charge in [0.25, 0.3) is 17.4 Å². The Bertz CT molecular complexity index is 2050. The molecule has 11 nitrogen and oxygen atoms in total. The topological polar surface area (TPSA) is 148 Å². The Labute approximate surface area is 243 Å². The molecule has 3 aromatic carbocycles. The first-order valence-corrected chi connectivity index (χ1v) is 13.4. The quantitative estimate of drug-likeness (QED) is 0.215. The molecule has 2 amide bonds. The summed E-state index contributed by atoms with van der Waals surface area (Å²) in [5.41, 5.74) is 2.04. The van der Waals surface area contributed by atoms with E-state index < -0.39 is 41.0 Å². The monoisotopic (exact) mass is 574 g/mol. The minimum atomic E-state index is -1.19. The van der Waals surface area contributed by atoms with Crippen LogP contribution in [0, 0.1) is 0 Å². The van der Waals surface area contributed by atoms with Crippen molar-refractivity contribution in [2.24, 2.45) is 7.05 Å². The number of ether oxygens (including phenoxy) is 1. The summed E-state index contributed by atoms with van der Waals surface area (Å²) in [6.45, 7) is 1.41. The Morgan fingerprint density at radius 1 is 0.814 bits per heavy atom. The summed E-state index contributed by atoms with van der Waals surface area (Å²) in [7, 11) is 1.35. The number of nitrogens with zero attached hydrogens (tertiary/aromatic N) is 2. The number of rotatable bonds is 4. The van der Waals surface area contributed by atoms with Gasteiger partial charge in [-0.15, -0.1) is 0 Å². The number of hydrogen-bond donors (Lipinski definition) is 2. The molecule has 0 saturated carbocycles. The third kappa shape index (κ3) is 3.74. The summed E-state index contributed by atoms with van der Waals surface area (Å²) < 4.78 is 6.47. The van der Waals surface area contributed by atoms with Gasteiger partial charge in [-0.1, -0.05) is 48.5 Å². The van der Waals surface area contributed by atoms with Gasteiger partial charge in [0.1, 0.15) is 17.6 Å². The number of imide groups is 1. The van der Waals surface area contributed by atoms with E-state index in [-0.39, 0.29) is 34.0 Å². The summed E-state index contributed by atoms with van der Waals surface area (Å²) in [6.07, 6.45) is 0. The molecule has 212 valence electrons. The molecule has 0 spiro atoms. The van der Waals surface area contributed by atoms with E-state index in [0.29, 0.717) is 28.0 Å². The Balaban J connectivity index is 1.22. The first kappa shape index (κ1) is 26.1. The van der Waals surface area contributed by atoms with E-state index in [9.17, 15) is 28.8 Å². The minimum Gasteiger partial charge on any atom is -0.425 e. The maximum Gasteiger partial charge on any atom is 0.334 e. The van der Waals surface area contributed by atoms with E-state index in [1.165, 1.54) is 38.2 Å². The first-order chi connectivity index (χ1) is 20.7. The lowest BCUT2D eigenvalue weighted by Crippen LogP contribution is -2.44. The predicted octanol–water partition coefficient (Wildman–Crippen LogP) is 2.83. The molecule has 4 aromatic rings. The first-order valence-electron chi connectivity index (χ1n) is 13.4. The molecule has 2 N–H and O–H groups in total. The van der Waals surface area contributed by atoms with Crippen LogP contribution in [-0.2, 0) is 11.8 Å². The maximum absolute atomic E-state index is 13.6.